The molecule has 1 heterocycles. The third-order valence-corrected chi connectivity index (χ3v) is 4.36. The smallest absolute Gasteiger partial charge is 0.256 e. The van der Waals surface area contributed by atoms with Gasteiger partial charge in [-0.25, -0.2) is 8.78 Å². The first kappa shape index (κ1) is 12.0. The summed E-state index contributed by atoms with van der Waals surface area (Å²) in [6.07, 6.45) is -0.0582. The Kier molecular flexibility index (Phi) is 2.62. The van der Waals surface area contributed by atoms with E-state index in [1.54, 1.807) is 6.07 Å². The molecule has 0 spiro atoms. The number of nitrogens with zero attached hydrogens (tertiary/aromatic N) is 1. The van der Waals surface area contributed by atoms with E-state index < -0.39 is 11.8 Å². The Morgan fingerprint density at radius 3 is 2.72 bits per heavy atom. The number of benzene rings is 1. The van der Waals surface area contributed by atoms with Gasteiger partial charge in [0, 0.05) is 24.4 Å². The van der Waals surface area contributed by atoms with Crippen molar-refractivity contribution in [1.82, 2.24) is 0 Å². The molecule has 1 aliphatic carbocycles. The van der Waals surface area contributed by atoms with Gasteiger partial charge < -0.3 is 4.90 Å². The van der Waals surface area contributed by atoms with E-state index in [0.29, 0.717) is 10.7 Å². The molecule has 18 heavy (non-hydrogen) atoms. The van der Waals surface area contributed by atoms with Crippen molar-refractivity contribution >= 4 is 22.6 Å². The normalized spacial score (nSPS) is 25.6. The number of alkyl halides is 2. The van der Waals surface area contributed by atoms with Crippen LogP contribution in [-0.2, 0) is 0 Å². The Labute approximate surface area is 109 Å². The molecule has 5 heteroatoms. The lowest BCUT2D eigenvalue weighted by Gasteiger charge is -2.21. The van der Waals surface area contributed by atoms with Crippen LogP contribution in [0.15, 0.2) is 18.2 Å². The molecule has 96 valence electrons. The first-order valence-corrected chi connectivity index (χ1v) is 6.95. The highest BCUT2D eigenvalue weighted by Crippen LogP contribution is 2.57. The third-order valence-electron chi connectivity index (χ3n) is 3.48. The number of amidine groups is 1. The van der Waals surface area contributed by atoms with Crippen LogP contribution in [0.5, 0.6) is 0 Å². The number of thioether (sulfide) groups is 1. The molecule has 1 saturated heterocycles. The Bertz CT molecular complexity index is 516. The summed E-state index contributed by atoms with van der Waals surface area (Å²) in [5, 5.41) is 8.34. The van der Waals surface area contributed by atoms with Gasteiger partial charge in [0.25, 0.3) is 5.92 Å². The van der Waals surface area contributed by atoms with Gasteiger partial charge in [-0.3, -0.25) is 5.41 Å². The van der Waals surface area contributed by atoms with Gasteiger partial charge in [-0.2, -0.15) is 0 Å². The molecule has 0 bridgehead atoms. The molecule has 2 aliphatic rings. The lowest BCUT2D eigenvalue weighted by atomic mass is 10.0. The Balaban J connectivity index is 2.01. The minimum absolute atomic E-state index is 0.0582. The fraction of sp³-hybridized carbons (Fsp3) is 0.462. The van der Waals surface area contributed by atoms with Crippen LogP contribution in [0.3, 0.4) is 0 Å². The van der Waals surface area contributed by atoms with Crippen molar-refractivity contribution in [3.8, 4) is 0 Å². The van der Waals surface area contributed by atoms with Gasteiger partial charge in [0.05, 0.1) is 5.92 Å². The van der Waals surface area contributed by atoms with Crippen LogP contribution in [0.1, 0.15) is 23.5 Å². The Morgan fingerprint density at radius 2 is 2.17 bits per heavy atom. The zero-order chi connectivity index (χ0) is 12.9. The largest absolute Gasteiger partial charge is 0.320 e. The Hall–Kier alpha value is -1.10. The number of nitrogens with one attached hydrogen (secondary N) is 1. The molecule has 1 saturated carbocycles. The lowest BCUT2D eigenvalue weighted by molar-refractivity contribution is 0.112. The number of aryl methyl sites for hydroxylation is 1. The minimum atomic E-state index is -2.56. The second kappa shape index (κ2) is 3.95. The zero-order valence-corrected chi connectivity index (χ0v) is 10.9. The average Bonchev–Trinajstić information content (AvgIpc) is 2.73. The highest BCUT2D eigenvalue weighted by atomic mass is 32.2. The molecule has 2 nitrogen and oxygen atoms in total. The van der Waals surface area contributed by atoms with Crippen molar-refractivity contribution in [2.24, 2.45) is 0 Å². The zero-order valence-electron chi connectivity index (χ0n) is 10.0. The highest BCUT2D eigenvalue weighted by Gasteiger charge is 2.58. The van der Waals surface area contributed by atoms with Crippen molar-refractivity contribution < 1.29 is 8.78 Å². The van der Waals surface area contributed by atoms with E-state index in [9.17, 15) is 8.78 Å². The summed E-state index contributed by atoms with van der Waals surface area (Å²) in [5.74, 6) is -2.36. The maximum absolute atomic E-state index is 13.3. The predicted octanol–water partition coefficient (Wildman–Crippen LogP) is 3.61. The second-order valence-electron chi connectivity index (χ2n) is 4.89. The molecule has 1 atom stereocenters. The molecule has 0 amide bonds. The number of halogens is 2. The second-order valence-corrected chi connectivity index (χ2v) is 5.97. The third kappa shape index (κ3) is 1.90. The molecule has 1 aromatic rings. The quantitative estimate of drug-likeness (QED) is 0.887. The molecule has 0 aromatic heterocycles. The molecule has 3 rings (SSSR count). The summed E-state index contributed by atoms with van der Waals surface area (Å²) in [7, 11) is 0. The van der Waals surface area contributed by atoms with Crippen LogP contribution < -0.4 is 4.90 Å². The van der Waals surface area contributed by atoms with Gasteiger partial charge in [0.1, 0.15) is 0 Å². The van der Waals surface area contributed by atoms with E-state index in [2.05, 4.69) is 0 Å². The van der Waals surface area contributed by atoms with Gasteiger partial charge >= 0.3 is 0 Å². The monoisotopic (exact) mass is 268 g/mol. The molecule has 1 unspecified atom stereocenters. The maximum Gasteiger partial charge on any atom is 0.256 e. The van der Waals surface area contributed by atoms with Crippen molar-refractivity contribution in [1.29, 1.82) is 5.41 Å². The van der Waals surface area contributed by atoms with E-state index in [1.807, 2.05) is 24.0 Å². The van der Waals surface area contributed by atoms with Crippen molar-refractivity contribution in [3.63, 3.8) is 0 Å². The fourth-order valence-corrected chi connectivity index (χ4v) is 3.19. The number of anilines is 1. The SMILES string of the molecule is Cc1ccc(C2CC2(F)F)c(N2CCSC2=N)c1. The Morgan fingerprint density at radius 1 is 1.44 bits per heavy atom. The van der Waals surface area contributed by atoms with Crippen LogP contribution in [0, 0.1) is 12.3 Å². The van der Waals surface area contributed by atoms with E-state index in [-0.39, 0.29) is 6.42 Å². The van der Waals surface area contributed by atoms with E-state index >= 15 is 0 Å². The summed E-state index contributed by atoms with van der Waals surface area (Å²) in [4.78, 5) is 1.85. The number of hydrogen-bond acceptors (Lipinski definition) is 2. The summed E-state index contributed by atoms with van der Waals surface area (Å²) < 4.78 is 26.5. The standard InChI is InChI=1S/C13H14F2N2S/c1-8-2-3-9(10-7-13(10,14)15)11(6-8)17-4-5-18-12(17)16/h2-3,6,10,16H,4-5,7H2,1H3. The molecular formula is C13H14F2N2S. The minimum Gasteiger partial charge on any atom is -0.320 e. The summed E-state index contributed by atoms with van der Waals surface area (Å²) >= 11 is 1.47. The van der Waals surface area contributed by atoms with Crippen LogP contribution in [0.4, 0.5) is 14.5 Å². The van der Waals surface area contributed by atoms with Crippen LogP contribution in [-0.4, -0.2) is 23.4 Å². The first-order valence-electron chi connectivity index (χ1n) is 5.96. The van der Waals surface area contributed by atoms with Gasteiger partial charge in [0.2, 0.25) is 0 Å². The fourth-order valence-electron chi connectivity index (χ4n) is 2.38. The summed E-state index contributed by atoms with van der Waals surface area (Å²) in [5.41, 5.74) is 2.53. The number of rotatable bonds is 2. The molecule has 2 fully saturated rings. The van der Waals surface area contributed by atoms with Crippen molar-refractivity contribution in [2.45, 2.75) is 25.2 Å². The van der Waals surface area contributed by atoms with Crippen LogP contribution >= 0.6 is 11.8 Å². The van der Waals surface area contributed by atoms with E-state index in [1.165, 1.54) is 11.8 Å². The number of hydrogen-bond donors (Lipinski definition) is 1. The van der Waals surface area contributed by atoms with Gasteiger partial charge in [-0.05, 0) is 24.1 Å². The van der Waals surface area contributed by atoms with Gasteiger partial charge in [-0.1, -0.05) is 23.9 Å². The van der Waals surface area contributed by atoms with E-state index in [4.69, 9.17) is 5.41 Å². The molecular weight excluding hydrogens is 254 g/mol. The maximum atomic E-state index is 13.3. The lowest BCUT2D eigenvalue weighted by Crippen LogP contribution is -2.24. The van der Waals surface area contributed by atoms with E-state index in [0.717, 1.165) is 23.5 Å². The molecule has 1 aromatic carbocycles. The summed E-state index contributed by atoms with van der Waals surface area (Å²) in [6.45, 7) is 2.68. The van der Waals surface area contributed by atoms with Gasteiger partial charge in [-0.15, -0.1) is 0 Å². The first-order chi connectivity index (χ1) is 8.49. The molecule has 0 radical (unpaired) electrons. The van der Waals surface area contributed by atoms with Crippen LogP contribution in [0.25, 0.3) is 0 Å². The van der Waals surface area contributed by atoms with Gasteiger partial charge in [0.15, 0.2) is 5.17 Å². The highest BCUT2D eigenvalue weighted by molar-refractivity contribution is 8.14. The van der Waals surface area contributed by atoms with Crippen molar-refractivity contribution in [3.05, 3.63) is 29.3 Å². The van der Waals surface area contributed by atoms with Crippen LogP contribution in [0.2, 0.25) is 0 Å². The molecule has 1 aliphatic heterocycles. The topological polar surface area (TPSA) is 27.1 Å². The predicted molar refractivity (Wildman–Crippen MR) is 71.0 cm³/mol. The molecule has 1 N–H and O–H groups in total. The summed E-state index contributed by atoms with van der Waals surface area (Å²) in [6, 6.07) is 5.59. The average molecular weight is 268 g/mol. The van der Waals surface area contributed by atoms with Crippen molar-refractivity contribution in [2.75, 3.05) is 17.2 Å².